The normalized spacial score (nSPS) is 17.8. The summed E-state index contributed by atoms with van der Waals surface area (Å²) in [6, 6.07) is 17.4. The van der Waals surface area contributed by atoms with Crippen molar-refractivity contribution in [3.63, 3.8) is 0 Å². The lowest BCUT2D eigenvalue weighted by Crippen LogP contribution is -2.48. The van der Waals surface area contributed by atoms with Crippen molar-refractivity contribution < 1.29 is 13.2 Å². The highest BCUT2D eigenvalue weighted by Crippen LogP contribution is 2.22. The summed E-state index contributed by atoms with van der Waals surface area (Å²) in [5.41, 5.74) is 3.26. The van der Waals surface area contributed by atoms with Crippen LogP contribution in [0.1, 0.15) is 30.4 Å². The minimum atomic E-state index is -3.39. The van der Waals surface area contributed by atoms with E-state index in [0.29, 0.717) is 30.8 Å². The van der Waals surface area contributed by atoms with Gasteiger partial charge in [-0.3, -0.25) is 14.7 Å². The molecule has 2 aromatic carbocycles. The highest BCUT2D eigenvalue weighted by atomic mass is 32.2. The molecule has 0 bridgehead atoms. The van der Waals surface area contributed by atoms with Gasteiger partial charge in [-0.15, -0.1) is 0 Å². The van der Waals surface area contributed by atoms with Gasteiger partial charge in [-0.2, -0.15) is 4.31 Å². The van der Waals surface area contributed by atoms with Crippen LogP contribution < -0.4 is 0 Å². The summed E-state index contributed by atoms with van der Waals surface area (Å²) in [6.45, 7) is 5.18. The molecule has 0 N–H and O–H groups in total. The Labute approximate surface area is 207 Å². The summed E-state index contributed by atoms with van der Waals surface area (Å²) in [5.74, 6) is 0.158. The van der Waals surface area contributed by atoms with Gasteiger partial charge in [0.25, 0.3) is 0 Å². The van der Waals surface area contributed by atoms with Crippen LogP contribution in [0.3, 0.4) is 0 Å². The van der Waals surface area contributed by atoms with Crippen LogP contribution >= 0.6 is 0 Å². The third-order valence-corrected chi connectivity index (χ3v) is 9.00. The number of piperazine rings is 1. The molecule has 3 heterocycles. The summed E-state index contributed by atoms with van der Waals surface area (Å²) in [5, 5.41) is 1.15. The number of hydrogen-bond donors (Lipinski definition) is 0. The van der Waals surface area contributed by atoms with Crippen molar-refractivity contribution in [3.8, 4) is 0 Å². The van der Waals surface area contributed by atoms with E-state index in [9.17, 15) is 13.2 Å². The predicted molar refractivity (Wildman–Crippen MR) is 136 cm³/mol. The molecule has 0 spiro atoms. The number of amides is 1. The standard InChI is InChI=1S/C27H32N4O3S/c32-26(13-10-22-8-11-25(12-9-22)35(33,34)31-15-1-2-16-31)30-19-17-29(18-20-30)21-24-6-3-5-23-7-4-14-28-27(23)24/h3-9,11-12,14H,1-2,10,13,15-21H2. The second-order valence-corrected chi connectivity index (χ2v) is 11.3. The number of benzene rings is 2. The zero-order chi connectivity index (χ0) is 24.3. The van der Waals surface area contributed by atoms with Gasteiger partial charge in [0, 0.05) is 63.8 Å². The molecule has 0 atom stereocenters. The summed E-state index contributed by atoms with van der Waals surface area (Å²) >= 11 is 0. The maximum Gasteiger partial charge on any atom is 0.243 e. The molecule has 8 heteroatoms. The first-order chi connectivity index (χ1) is 17.0. The topological polar surface area (TPSA) is 73.8 Å². The second kappa shape index (κ2) is 10.4. The molecule has 35 heavy (non-hydrogen) atoms. The number of fused-ring (bicyclic) bond motifs is 1. The van der Waals surface area contributed by atoms with Gasteiger partial charge in [-0.05, 0) is 48.6 Å². The molecule has 0 radical (unpaired) electrons. The zero-order valence-corrected chi connectivity index (χ0v) is 20.8. The van der Waals surface area contributed by atoms with Crippen LogP contribution in [0.25, 0.3) is 10.9 Å². The fraction of sp³-hybridized carbons (Fsp3) is 0.407. The van der Waals surface area contributed by atoms with Gasteiger partial charge in [0.1, 0.15) is 0 Å². The smallest absolute Gasteiger partial charge is 0.243 e. The largest absolute Gasteiger partial charge is 0.340 e. The first-order valence-corrected chi connectivity index (χ1v) is 13.9. The van der Waals surface area contributed by atoms with Crippen molar-refractivity contribution in [1.29, 1.82) is 0 Å². The van der Waals surface area contributed by atoms with Crippen LogP contribution in [0.2, 0.25) is 0 Å². The van der Waals surface area contributed by atoms with Crippen LogP contribution in [0, 0.1) is 0 Å². The fourth-order valence-electron chi connectivity index (χ4n) is 5.01. The molecule has 1 aromatic heterocycles. The molecule has 0 aliphatic carbocycles. The number of carbonyl (C=O) groups excluding carboxylic acids is 1. The van der Waals surface area contributed by atoms with Crippen molar-refractivity contribution in [2.45, 2.75) is 37.1 Å². The van der Waals surface area contributed by atoms with E-state index >= 15 is 0 Å². The Kier molecular flexibility index (Phi) is 7.13. The number of sulfonamides is 1. The van der Waals surface area contributed by atoms with E-state index < -0.39 is 10.0 Å². The second-order valence-electron chi connectivity index (χ2n) is 9.40. The van der Waals surface area contributed by atoms with Gasteiger partial charge < -0.3 is 4.90 Å². The zero-order valence-electron chi connectivity index (χ0n) is 20.0. The van der Waals surface area contributed by atoms with E-state index in [2.05, 4.69) is 34.1 Å². The molecule has 2 aliphatic heterocycles. The summed E-state index contributed by atoms with van der Waals surface area (Å²) in [4.78, 5) is 22.0. The summed E-state index contributed by atoms with van der Waals surface area (Å²) < 4.78 is 26.9. The SMILES string of the molecule is O=C(CCc1ccc(S(=O)(=O)N2CCCC2)cc1)N1CCN(Cc2cccc3cccnc23)CC1. The van der Waals surface area contributed by atoms with E-state index in [4.69, 9.17) is 0 Å². The Hall–Kier alpha value is -2.81. The highest BCUT2D eigenvalue weighted by molar-refractivity contribution is 7.89. The molecule has 3 aromatic rings. The van der Waals surface area contributed by atoms with E-state index in [1.807, 2.05) is 29.3 Å². The monoisotopic (exact) mass is 492 g/mol. The van der Waals surface area contributed by atoms with Gasteiger partial charge >= 0.3 is 0 Å². The maximum atomic E-state index is 12.8. The molecule has 2 aliphatic rings. The first kappa shape index (κ1) is 23.9. The van der Waals surface area contributed by atoms with Crippen LogP contribution in [-0.2, 0) is 27.8 Å². The van der Waals surface area contributed by atoms with Crippen LogP contribution in [0.5, 0.6) is 0 Å². The van der Waals surface area contributed by atoms with Crippen molar-refractivity contribution in [3.05, 3.63) is 71.9 Å². The Morgan fingerprint density at radius 2 is 1.57 bits per heavy atom. The molecule has 1 amide bonds. The van der Waals surface area contributed by atoms with E-state index in [1.165, 1.54) is 5.56 Å². The van der Waals surface area contributed by atoms with Crippen LogP contribution in [0.15, 0.2) is 65.7 Å². The summed E-state index contributed by atoms with van der Waals surface area (Å²) in [7, 11) is -3.39. The molecule has 2 fully saturated rings. The lowest BCUT2D eigenvalue weighted by molar-refractivity contribution is -0.133. The lowest BCUT2D eigenvalue weighted by atomic mass is 10.1. The number of nitrogens with zero attached hydrogens (tertiary/aromatic N) is 4. The first-order valence-electron chi connectivity index (χ1n) is 12.4. The number of rotatable bonds is 7. The Morgan fingerprint density at radius 1 is 0.857 bits per heavy atom. The van der Waals surface area contributed by atoms with Crippen LogP contribution in [-0.4, -0.2) is 72.7 Å². The number of para-hydroxylation sites is 1. The molecular weight excluding hydrogens is 460 g/mol. The van der Waals surface area contributed by atoms with Gasteiger partial charge in [0.15, 0.2) is 0 Å². The van der Waals surface area contributed by atoms with Gasteiger partial charge in [0.2, 0.25) is 15.9 Å². The van der Waals surface area contributed by atoms with Crippen molar-refractivity contribution in [2.75, 3.05) is 39.3 Å². The molecule has 184 valence electrons. The minimum Gasteiger partial charge on any atom is -0.340 e. The molecule has 0 saturated carbocycles. The van der Waals surface area contributed by atoms with Crippen molar-refractivity contribution in [2.24, 2.45) is 0 Å². The Balaban J connectivity index is 1.11. The van der Waals surface area contributed by atoms with Crippen LogP contribution in [0.4, 0.5) is 0 Å². The van der Waals surface area contributed by atoms with Gasteiger partial charge in [0.05, 0.1) is 10.4 Å². The molecule has 2 saturated heterocycles. The summed E-state index contributed by atoms with van der Waals surface area (Å²) in [6.07, 6.45) is 4.74. The number of pyridine rings is 1. The molecular formula is C27H32N4O3S. The van der Waals surface area contributed by atoms with Crippen molar-refractivity contribution >= 4 is 26.8 Å². The Morgan fingerprint density at radius 3 is 2.31 bits per heavy atom. The Bertz CT molecular complexity index is 1270. The number of hydrogen-bond acceptors (Lipinski definition) is 5. The van der Waals surface area contributed by atoms with Crippen molar-refractivity contribution in [1.82, 2.24) is 19.1 Å². The molecule has 7 nitrogen and oxygen atoms in total. The highest BCUT2D eigenvalue weighted by Gasteiger charge is 2.27. The lowest BCUT2D eigenvalue weighted by Gasteiger charge is -2.35. The maximum absolute atomic E-state index is 12.8. The minimum absolute atomic E-state index is 0.158. The average molecular weight is 493 g/mol. The van der Waals surface area contributed by atoms with E-state index in [1.54, 1.807) is 16.4 Å². The number of aromatic nitrogens is 1. The van der Waals surface area contributed by atoms with Gasteiger partial charge in [-0.25, -0.2) is 8.42 Å². The number of aryl methyl sites for hydroxylation is 1. The molecule has 5 rings (SSSR count). The van der Waals surface area contributed by atoms with E-state index in [0.717, 1.165) is 62.0 Å². The number of carbonyl (C=O) groups is 1. The quantitative estimate of drug-likeness (QED) is 0.506. The predicted octanol–water partition coefficient (Wildman–Crippen LogP) is 3.30. The third kappa shape index (κ3) is 5.39. The van der Waals surface area contributed by atoms with E-state index in [-0.39, 0.29) is 5.91 Å². The van der Waals surface area contributed by atoms with Gasteiger partial charge in [-0.1, -0.05) is 36.4 Å². The fourth-order valence-corrected chi connectivity index (χ4v) is 6.52. The molecule has 0 unspecified atom stereocenters. The average Bonchev–Trinajstić information content (AvgIpc) is 3.44. The third-order valence-electron chi connectivity index (χ3n) is 7.09.